The number of benzene rings is 1. The molecular weight excluding hydrogens is 257 g/mol. The van der Waals surface area contributed by atoms with Crippen LogP contribution in [0, 0.1) is 5.92 Å². The fourth-order valence-corrected chi connectivity index (χ4v) is 2.34. The summed E-state index contributed by atoms with van der Waals surface area (Å²) in [6.45, 7) is 9.04. The second-order valence-corrected chi connectivity index (χ2v) is 5.46. The third-order valence-electron chi connectivity index (χ3n) is 2.57. The monoisotopic (exact) mass is 275 g/mol. The van der Waals surface area contributed by atoms with Crippen molar-refractivity contribution in [3.63, 3.8) is 0 Å². The minimum atomic E-state index is 0.137. The van der Waals surface area contributed by atoms with Crippen LogP contribution < -0.4 is 0 Å². The van der Waals surface area contributed by atoms with Gasteiger partial charge in [-0.05, 0) is 24.6 Å². The van der Waals surface area contributed by atoms with Gasteiger partial charge in [0.1, 0.15) is 5.75 Å². The highest BCUT2D eigenvalue weighted by atomic mass is 35.5. The van der Waals surface area contributed by atoms with Gasteiger partial charge in [0.2, 0.25) is 0 Å². The maximum atomic E-state index is 9.88. The molecule has 17 heavy (non-hydrogen) atoms. The molecule has 0 bridgehead atoms. The van der Waals surface area contributed by atoms with E-state index in [2.05, 4.69) is 25.7 Å². The molecule has 0 aliphatic rings. The summed E-state index contributed by atoms with van der Waals surface area (Å²) in [6.07, 6.45) is 0. The van der Waals surface area contributed by atoms with Gasteiger partial charge >= 0.3 is 0 Å². The van der Waals surface area contributed by atoms with Gasteiger partial charge in [-0.15, -0.1) is 0 Å². The molecule has 0 heterocycles. The Balaban J connectivity index is 2.85. The van der Waals surface area contributed by atoms with Crippen LogP contribution in [0.4, 0.5) is 0 Å². The summed E-state index contributed by atoms with van der Waals surface area (Å²) in [4.78, 5) is 2.26. The van der Waals surface area contributed by atoms with Crippen LogP contribution in [0.5, 0.6) is 5.75 Å². The van der Waals surface area contributed by atoms with E-state index >= 15 is 0 Å². The Hall–Kier alpha value is -0.440. The van der Waals surface area contributed by atoms with E-state index in [1.54, 1.807) is 12.1 Å². The molecule has 0 unspecified atom stereocenters. The molecule has 0 spiro atoms. The topological polar surface area (TPSA) is 23.5 Å². The normalized spacial score (nSPS) is 11.5. The number of hydrogen-bond acceptors (Lipinski definition) is 2. The lowest BCUT2D eigenvalue weighted by molar-refractivity contribution is 0.245. The van der Waals surface area contributed by atoms with Gasteiger partial charge in [0.15, 0.2) is 0 Å². The number of phenols is 1. The molecule has 4 heteroatoms. The van der Waals surface area contributed by atoms with Gasteiger partial charge in [-0.1, -0.05) is 44.0 Å². The van der Waals surface area contributed by atoms with Crippen molar-refractivity contribution in [1.82, 2.24) is 4.90 Å². The van der Waals surface area contributed by atoms with Crippen LogP contribution >= 0.6 is 23.2 Å². The molecule has 0 aliphatic heterocycles. The Morgan fingerprint density at radius 2 is 1.94 bits per heavy atom. The predicted octanol–water partition coefficient (Wildman–Crippen LogP) is 4.18. The van der Waals surface area contributed by atoms with E-state index in [0.29, 0.717) is 22.5 Å². The van der Waals surface area contributed by atoms with Gasteiger partial charge < -0.3 is 5.11 Å². The third kappa shape index (κ3) is 4.38. The summed E-state index contributed by atoms with van der Waals surface area (Å²) in [5.41, 5.74) is 0.782. The molecule has 0 aliphatic carbocycles. The van der Waals surface area contributed by atoms with Crippen molar-refractivity contribution in [1.29, 1.82) is 0 Å². The van der Waals surface area contributed by atoms with Crippen LogP contribution in [0.1, 0.15) is 26.3 Å². The molecule has 1 aromatic rings. The zero-order valence-electron chi connectivity index (χ0n) is 10.5. The Morgan fingerprint density at radius 1 is 1.29 bits per heavy atom. The first-order valence-corrected chi connectivity index (χ1v) is 6.58. The van der Waals surface area contributed by atoms with Gasteiger partial charge in [0, 0.05) is 23.7 Å². The molecule has 0 fully saturated rings. The molecule has 0 saturated carbocycles. The van der Waals surface area contributed by atoms with E-state index in [4.69, 9.17) is 23.2 Å². The molecular formula is C13H19Cl2NO. The van der Waals surface area contributed by atoms with Crippen LogP contribution in [-0.4, -0.2) is 23.1 Å². The van der Waals surface area contributed by atoms with E-state index in [0.717, 1.165) is 18.7 Å². The number of nitrogens with zero attached hydrogens (tertiary/aromatic N) is 1. The van der Waals surface area contributed by atoms with E-state index < -0.39 is 0 Å². The smallest absolute Gasteiger partial charge is 0.138 e. The molecule has 96 valence electrons. The van der Waals surface area contributed by atoms with Crippen molar-refractivity contribution in [2.24, 2.45) is 5.92 Å². The second-order valence-electron chi connectivity index (χ2n) is 4.62. The van der Waals surface area contributed by atoms with Crippen LogP contribution in [0.15, 0.2) is 12.1 Å². The average molecular weight is 276 g/mol. The number of phenolic OH excluding ortho intramolecular Hbond substituents is 1. The maximum Gasteiger partial charge on any atom is 0.138 e. The molecule has 0 radical (unpaired) electrons. The fraction of sp³-hybridized carbons (Fsp3) is 0.538. The first-order valence-electron chi connectivity index (χ1n) is 5.83. The fourth-order valence-electron chi connectivity index (χ4n) is 1.80. The van der Waals surface area contributed by atoms with E-state index in [1.807, 2.05) is 0 Å². The van der Waals surface area contributed by atoms with Gasteiger partial charge in [0.05, 0.1) is 5.02 Å². The zero-order valence-corrected chi connectivity index (χ0v) is 12.0. The standard InChI is InChI=1S/C13H19Cl2NO/c1-4-16(7-9(2)3)8-10-5-11(14)6-12(15)13(10)17/h5-6,9,17H,4,7-8H2,1-3H3. The molecule has 2 nitrogen and oxygen atoms in total. The van der Waals surface area contributed by atoms with E-state index in [-0.39, 0.29) is 5.75 Å². The van der Waals surface area contributed by atoms with Crippen molar-refractivity contribution in [3.8, 4) is 5.75 Å². The zero-order chi connectivity index (χ0) is 13.0. The first-order chi connectivity index (χ1) is 7.93. The van der Waals surface area contributed by atoms with E-state index in [9.17, 15) is 5.11 Å². The number of rotatable bonds is 5. The summed E-state index contributed by atoms with van der Waals surface area (Å²) in [7, 11) is 0. The maximum absolute atomic E-state index is 9.88. The molecule has 0 atom stereocenters. The highest BCUT2D eigenvalue weighted by Crippen LogP contribution is 2.31. The van der Waals surface area contributed by atoms with Crippen molar-refractivity contribution in [3.05, 3.63) is 27.7 Å². The van der Waals surface area contributed by atoms with Crippen molar-refractivity contribution >= 4 is 23.2 Å². The van der Waals surface area contributed by atoms with Crippen LogP contribution in [-0.2, 0) is 6.54 Å². The Kier molecular flexibility index (Phi) is 5.57. The van der Waals surface area contributed by atoms with Crippen molar-refractivity contribution in [2.45, 2.75) is 27.3 Å². The summed E-state index contributed by atoms with van der Waals surface area (Å²) >= 11 is 11.8. The van der Waals surface area contributed by atoms with Crippen molar-refractivity contribution < 1.29 is 5.11 Å². The van der Waals surface area contributed by atoms with E-state index in [1.165, 1.54) is 0 Å². The number of aromatic hydroxyl groups is 1. The third-order valence-corrected chi connectivity index (χ3v) is 3.08. The number of halogens is 2. The van der Waals surface area contributed by atoms with Gasteiger partial charge in [-0.3, -0.25) is 4.90 Å². The SMILES string of the molecule is CCN(Cc1cc(Cl)cc(Cl)c1O)CC(C)C. The lowest BCUT2D eigenvalue weighted by Crippen LogP contribution is -2.27. The molecule has 1 N–H and O–H groups in total. The first kappa shape index (κ1) is 14.6. The molecule has 1 rings (SSSR count). The molecule has 0 amide bonds. The number of hydrogen-bond donors (Lipinski definition) is 1. The van der Waals surface area contributed by atoms with Crippen LogP contribution in [0.2, 0.25) is 10.0 Å². The van der Waals surface area contributed by atoms with Gasteiger partial charge in [-0.25, -0.2) is 0 Å². The summed E-state index contributed by atoms with van der Waals surface area (Å²) in [5.74, 6) is 0.727. The minimum absolute atomic E-state index is 0.137. The highest BCUT2D eigenvalue weighted by molar-refractivity contribution is 6.35. The second kappa shape index (κ2) is 6.48. The average Bonchev–Trinajstić information content (AvgIpc) is 2.23. The Labute approximate surface area is 113 Å². The van der Waals surface area contributed by atoms with Gasteiger partial charge in [0.25, 0.3) is 0 Å². The largest absolute Gasteiger partial charge is 0.506 e. The minimum Gasteiger partial charge on any atom is -0.506 e. The highest BCUT2D eigenvalue weighted by Gasteiger charge is 2.12. The molecule has 0 aromatic heterocycles. The quantitative estimate of drug-likeness (QED) is 0.872. The van der Waals surface area contributed by atoms with Crippen LogP contribution in [0.25, 0.3) is 0 Å². The molecule has 1 aromatic carbocycles. The summed E-state index contributed by atoms with van der Waals surface area (Å²) in [5, 5.41) is 10.8. The lowest BCUT2D eigenvalue weighted by Gasteiger charge is -2.23. The Morgan fingerprint density at radius 3 is 2.47 bits per heavy atom. The lowest BCUT2D eigenvalue weighted by atomic mass is 10.1. The van der Waals surface area contributed by atoms with Gasteiger partial charge in [-0.2, -0.15) is 0 Å². The Bertz CT molecular complexity index is 380. The summed E-state index contributed by atoms with van der Waals surface area (Å²) < 4.78 is 0. The van der Waals surface area contributed by atoms with Crippen molar-refractivity contribution in [2.75, 3.05) is 13.1 Å². The summed E-state index contributed by atoms with van der Waals surface area (Å²) in [6, 6.07) is 3.33. The predicted molar refractivity (Wildman–Crippen MR) is 73.9 cm³/mol. The van der Waals surface area contributed by atoms with Crippen LogP contribution in [0.3, 0.4) is 0 Å². The molecule has 0 saturated heterocycles.